The molecule has 1 heterocycles. The first kappa shape index (κ1) is 15.4. The van der Waals surface area contributed by atoms with Crippen LogP contribution in [0.4, 0.5) is 0 Å². The Bertz CT molecular complexity index is 222. The van der Waals surface area contributed by atoms with Gasteiger partial charge < -0.3 is 14.2 Å². The van der Waals surface area contributed by atoms with Crippen LogP contribution in [0.2, 0.25) is 0 Å². The molecule has 0 radical (unpaired) electrons. The fourth-order valence-electron chi connectivity index (χ4n) is 2.03. The second-order valence-electron chi connectivity index (χ2n) is 4.69. The van der Waals surface area contributed by atoms with Crippen LogP contribution in [0, 0.1) is 11.3 Å². The third-order valence-electron chi connectivity index (χ3n) is 3.07. The molecule has 0 aromatic carbocycles. The zero-order chi connectivity index (χ0) is 12.9. The van der Waals surface area contributed by atoms with Crippen LogP contribution in [-0.4, -0.2) is 39.1 Å². The molecule has 4 nitrogen and oxygen atoms in total. The average molecular weight is 255 g/mol. The SMILES string of the molecule is N#CCOCCCCCCOCC1CCCCO1. The summed E-state index contributed by atoms with van der Waals surface area (Å²) >= 11 is 0. The molecule has 1 aliphatic rings. The summed E-state index contributed by atoms with van der Waals surface area (Å²) in [5.74, 6) is 0. The summed E-state index contributed by atoms with van der Waals surface area (Å²) in [5.41, 5.74) is 0. The normalized spacial score (nSPS) is 19.6. The smallest absolute Gasteiger partial charge is 0.133 e. The van der Waals surface area contributed by atoms with E-state index in [1.165, 1.54) is 19.3 Å². The zero-order valence-corrected chi connectivity index (χ0v) is 11.2. The number of rotatable bonds is 10. The summed E-state index contributed by atoms with van der Waals surface area (Å²) < 4.78 is 16.3. The van der Waals surface area contributed by atoms with Crippen molar-refractivity contribution in [3.05, 3.63) is 0 Å². The van der Waals surface area contributed by atoms with Crippen molar-refractivity contribution < 1.29 is 14.2 Å². The van der Waals surface area contributed by atoms with Crippen LogP contribution in [-0.2, 0) is 14.2 Å². The van der Waals surface area contributed by atoms with E-state index in [0.29, 0.717) is 12.7 Å². The number of nitriles is 1. The molecule has 0 aromatic heterocycles. The van der Waals surface area contributed by atoms with E-state index in [4.69, 9.17) is 19.5 Å². The van der Waals surface area contributed by atoms with Gasteiger partial charge in [-0.15, -0.1) is 0 Å². The lowest BCUT2D eigenvalue weighted by Gasteiger charge is -2.22. The van der Waals surface area contributed by atoms with E-state index in [1.54, 1.807) is 0 Å². The fourth-order valence-corrected chi connectivity index (χ4v) is 2.03. The van der Waals surface area contributed by atoms with Crippen molar-refractivity contribution in [3.63, 3.8) is 0 Å². The summed E-state index contributed by atoms with van der Waals surface area (Å²) in [5, 5.41) is 8.27. The van der Waals surface area contributed by atoms with E-state index >= 15 is 0 Å². The molecule has 1 rings (SSSR count). The molecule has 0 spiro atoms. The lowest BCUT2D eigenvalue weighted by molar-refractivity contribution is -0.0411. The van der Waals surface area contributed by atoms with Crippen molar-refractivity contribution in [2.45, 2.75) is 51.0 Å². The van der Waals surface area contributed by atoms with Crippen molar-refractivity contribution in [2.75, 3.05) is 33.0 Å². The number of hydrogen-bond donors (Lipinski definition) is 0. The van der Waals surface area contributed by atoms with Gasteiger partial charge in [0.05, 0.1) is 18.8 Å². The van der Waals surface area contributed by atoms with Crippen molar-refractivity contribution in [1.82, 2.24) is 0 Å². The maximum absolute atomic E-state index is 8.27. The van der Waals surface area contributed by atoms with Crippen molar-refractivity contribution in [1.29, 1.82) is 5.26 Å². The molecule has 0 N–H and O–H groups in total. The monoisotopic (exact) mass is 255 g/mol. The molecule has 1 unspecified atom stereocenters. The van der Waals surface area contributed by atoms with Gasteiger partial charge in [-0.3, -0.25) is 0 Å². The summed E-state index contributed by atoms with van der Waals surface area (Å²) in [7, 11) is 0. The second kappa shape index (κ2) is 11.5. The molecule has 0 aromatic rings. The number of ether oxygens (including phenoxy) is 3. The molecule has 1 aliphatic heterocycles. The number of unbranched alkanes of at least 4 members (excludes halogenated alkanes) is 3. The topological polar surface area (TPSA) is 51.5 Å². The van der Waals surface area contributed by atoms with Gasteiger partial charge in [-0.05, 0) is 32.1 Å². The maximum Gasteiger partial charge on any atom is 0.133 e. The molecule has 104 valence electrons. The quantitative estimate of drug-likeness (QED) is 0.563. The van der Waals surface area contributed by atoms with Gasteiger partial charge in [0, 0.05) is 19.8 Å². The molecule has 0 saturated carbocycles. The predicted molar refractivity (Wildman–Crippen MR) is 69.3 cm³/mol. The van der Waals surface area contributed by atoms with Gasteiger partial charge in [0.25, 0.3) is 0 Å². The molecule has 18 heavy (non-hydrogen) atoms. The number of hydrogen-bond acceptors (Lipinski definition) is 4. The maximum atomic E-state index is 8.27. The summed E-state index contributed by atoms with van der Waals surface area (Å²) in [4.78, 5) is 0. The molecule has 1 atom stereocenters. The average Bonchev–Trinajstić information content (AvgIpc) is 2.42. The highest BCUT2D eigenvalue weighted by atomic mass is 16.5. The highest BCUT2D eigenvalue weighted by Crippen LogP contribution is 2.12. The van der Waals surface area contributed by atoms with Gasteiger partial charge >= 0.3 is 0 Å². The molecule has 0 amide bonds. The van der Waals surface area contributed by atoms with Crippen LogP contribution in [0.15, 0.2) is 0 Å². The second-order valence-corrected chi connectivity index (χ2v) is 4.69. The fraction of sp³-hybridized carbons (Fsp3) is 0.929. The van der Waals surface area contributed by atoms with E-state index in [2.05, 4.69) is 0 Å². The van der Waals surface area contributed by atoms with Crippen LogP contribution in [0.25, 0.3) is 0 Å². The zero-order valence-electron chi connectivity index (χ0n) is 11.2. The van der Waals surface area contributed by atoms with Crippen molar-refractivity contribution in [2.24, 2.45) is 0 Å². The minimum absolute atomic E-state index is 0.213. The molecular formula is C14H25NO3. The highest BCUT2D eigenvalue weighted by Gasteiger charge is 2.13. The largest absolute Gasteiger partial charge is 0.379 e. The van der Waals surface area contributed by atoms with Crippen LogP contribution < -0.4 is 0 Å². The Morgan fingerprint density at radius 3 is 2.50 bits per heavy atom. The third-order valence-corrected chi connectivity index (χ3v) is 3.07. The van der Waals surface area contributed by atoms with E-state index in [9.17, 15) is 0 Å². The van der Waals surface area contributed by atoms with Gasteiger partial charge in [-0.25, -0.2) is 0 Å². The van der Waals surface area contributed by atoms with Gasteiger partial charge in [0.15, 0.2) is 0 Å². The molecule has 1 saturated heterocycles. The minimum atomic E-state index is 0.213. The molecular weight excluding hydrogens is 230 g/mol. The van der Waals surface area contributed by atoms with Gasteiger partial charge in [-0.2, -0.15) is 5.26 Å². The first-order chi connectivity index (χ1) is 8.93. The van der Waals surface area contributed by atoms with E-state index in [0.717, 1.165) is 45.5 Å². The molecule has 1 fully saturated rings. The van der Waals surface area contributed by atoms with Crippen LogP contribution in [0.1, 0.15) is 44.9 Å². The van der Waals surface area contributed by atoms with Gasteiger partial charge in [-0.1, -0.05) is 12.8 Å². The molecule has 0 aliphatic carbocycles. The first-order valence-electron chi connectivity index (χ1n) is 7.07. The first-order valence-corrected chi connectivity index (χ1v) is 7.07. The Morgan fingerprint density at radius 2 is 1.83 bits per heavy atom. The van der Waals surface area contributed by atoms with Crippen LogP contribution >= 0.6 is 0 Å². The molecule has 0 bridgehead atoms. The van der Waals surface area contributed by atoms with Crippen molar-refractivity contribution >= 4 is 0 Å². The standard InChI is InChI=1S/C14H25NO3/c15-8-12-16-9-4-1-2-5-10-17-13-14-7-3-6-11-18-14/h14H,1-7,9-13H2. The summed E-state index contributed by atoms with van der Waals surface area (Å²) in [6, 6.07) is 1.96. The van der Waals surface area contributed by atoms with Gasteiger partial charge in [0.2, 0.25) is 0 Å². The Hall–Kier alpha value is -0.630. The Labute approximate surface area is 110 Å². The lowest BCUT2D eigenvalue weighted by atomic mass is 10.1. The predicted octanol–water partition coefficient (Wildman–Crippen LogP) is 2.67. The van der Waals surface area contributed by atoms with E-state index in [1.807, 2.05) is 6.07 Å². The van der Waals surface area contributed by atoms with Crippen LogP contribution in [0.3, 0.4) is 0 Å². The summed E-state index contributed by atoms with van der Waals surface area (Å²) in [6.07, 6.45) is 8.41. The van der Waals surface area contributed by atoms with Crippen molar-refractivity contribution in [3.8, 4) is 6.07 Å². The molecule has 4 heteroatoms. The van der Waals surface area contributed by atoms with Gasteiger partial charge in [0.1, 0.15) is 6.61 Å². The highest BCUT2D eigenvalue weighted by molar-refractivity contribution is 4.66. The lowest BCUT2D eigenvalue weighted by Crippen LogP contribution is -2.24. The Morgan fingerprint density at radius 1 is 1.06 bits per heavy atom. The number of nitrogens with zero attached hydrogens (tertiary/aromatic N) is 1. The minimum Gasteiger partial charge on any atom is -0.379 e. The summed E-state index contributed by atoms with van der Waals surface area (Å²) in [6.45, 7) is 3.40. The van der Waals surface area contributed by atoms with E-state index < -0.39 is 0 Å². The third kappa shape index (κ3) is 8.46. The Kier molecular flexibility index (Phi) is 9.82. The van der Waals surface area contributed by atoms with E-state index in [-0.39, 0.29) is 6.61 Å². The Balaban J connectivity index is 1.74. The van der Waals surface area contributed by atoms with Crippen LogP contribution in [0.5, 0.6) is 0 Å².